The SMILES string of the molecule is COc1cccc(C(=O)COC(=O)c2ccc(N3C(=O)CC(NCCc4ccccc4)C3=O)cc2)c1. The molecule has 3 aromatic rings. The predicted octanol–water partition coefficient (Wildman–Crippen LogP) is 3.20. The molecule has 1 N–H and O–H groups in total. The predicted molar refractivity (Wildman–Crippen MR) is 133 cm³/mol. The molecule has 1 heterocycles. The van der Waals surface area contributed by atoms with Gasteiger partial charge in [0.05, 0.1) is 30.8 Å². The topological polar surface area (TPSA) is 102 Å². The maximum absolute atomic E-state index is 12.8. The molecule has 1 aliphatic rings. The summed E-state index contributed by atoms with van der Waals surface area (Å²) in [6.45, 7) is 0.147. The van der Waals surface area contributed by atoms with E-state index in [2.05, 4.69) is 5.32 Å². The second-order valence-corrected chi connectivity index (χ2v) is 8.29. The van der Waals surface area contributed by atoms with E-state index in [1.54, 1.807) is 24.3 Å². The molecule has 0 spiro atoms. The van der Waals surface area contributed by atoms with Crippen LogP contribution in [-0.4, -0.2) is 49.9 Å². The normalized spacial score (nSPS) is 15.1. The number of imide groups is 1. The molecule has 8 nitrogen and oxygen atoms in total. The fourth-order valence-corrected chi connectivity index (χ4v) is 3.94. The minimum Gasteiger partial charge on any atom is -0.497 e. The van der Waals surface area contributed by atoms with Gasteiger partial charge in [-0.1, -0.05) is 42.5 Å². The lowest BCUT2D eigenvalue weighted by Gasteiger charge is -2.16. The van der Waals surface area contributed by atoms with Crippen LogP contribution in [0.5, 0.6) is 5.75 Å². The molecule has 0 saturated carbocycles. The standard InChI is InChI=1S/C28H26N2O6/c1-35-23-9-5-8-21(16-23)25(31)18-36-28(34)20-10-12-22(13-11-20)30-26(32)17-24(27(30)33)29-15-14-19-6-3-2-4-7-19/h2-13,16,24,29H,14-15,17-18H2,1H3. The van der Waals surface area contributed by atoms with Gasteiger partial charge in [-0.05, 0) is 54.9 Å². The third kappa shape index (κ3) is 5.84. The van der Waals surface area contributed by atoms with Crippen LogP contribution in [0.2, 0.25) is 0 Å². The molecule has 1 saturated heterocycles. The zero-order chi connectivity index (χ0) is 25.5. The number of Topliss-reactive ketones (excluding diaryl/α,β-unsaturated/α-hetero) is 1. The van der Waals surface area contributed by atoms with Gasteiger partial charge in [-0.3, -0.25) is 14.4 Å². The Balaban J connectivity index is 1.31. The van der Waals surface area contributed by atoms with E-state index in [-0.39, 0.29) is 29.6 Å². The maximum atomic E-state index is 12.8. The van der Waals surface area contributed by atoms with Crippen LogP contribution in [0.15, 0.2) is 78.9 Å². The van der Waals surface area contributed by atoms with E-state index < -0.39 is 18.6 Å². The van der Waals surface area contributed by atoms with Crippen molar-refractivity contribution in [3.63, 3.8) is 0 Å². The summed E-state index contributed by atoms with van der Waals surface area (Å²) in [5.41, 5.74) is 2.09. The van der Waals surface area contributed by atoms with Crippen molar-refractivity contribution >= 4 is 29.3 Å². The molecule has 4 rings (SSSR count). The van der Waals surface area contributed by atoms with Gasteiger partial charge < -0.3 is 14.8 Å². The van der Waals surface area contributed by atoms with E-state index in [9.17, 15) is 19.2 Å². The number of benzene rings is 3. The summed E-state index contributed by atoms with van der Waals surface area (Å²) in [6, 6.07) is 21.8. The van der Waals surface area contributed by atoms with Crippen LogP contribution in [-0.2, 0) is 20.7 Å². The lowest BCUT2D eigenvalue weighted by Crippen LogP contribution is -2.39. The molecule has 1 atom stereocenters. The number of rotatable bonds is 10. The molecule has 0 bridgehead atoms. The molecular weight excluding hydrogens is 460 g/mol. The molecule has 36 heavy (non-hydrogen) atoms. The molecule has 3 aromatic carbocycles. The highest BCUT2D eigenvalue weighted by molar-refractivity contribution is 6.22. The lowest BCUT2D eigenvalue weighted by molar-refractivity contribution is -0.121. The quantitative estimate of drug-likeness (QED) is 0.267. The Hall–Kier alpha value is -4.30. The largest absolute Gasteiger partial charge is 0.497 e. The summed E-state index contributed by atoms with van der Waals surface area (Å²) in [5, 5.41) is 3.16. The lowest BCUT2D eigenvalue weighted by atomic mass is 10.1. The third-order valence-electron chi connectivity index (χ3n) is 5.88. The van der Waals surface area contributed by atoms with Crippen molar-refractivity contribution in [1.29, 1.82) is 0 Å². The summed E-state index contributed by atoms with van der Waals surface area (Å²) in [4.78, 5) is 51.2. The number of hydrogen-bond donors (Lipinski definition) is 1. The second-order valence-electron chi connectivity index (χ2n) is 8.29. The zero-order valence-electron chi connectivity index (χ0n) is 19.8. The maximum Gasteiger partial charge on any atom is 0.338 e. The molecule has 2 amide bonds. The monoisotopic (exact) mass is 486 g/mol. The van der Waals surface area contributed by atoms with Crippen LogP contribution in [0.25, 0.3) is 0 Å². The van der Waals surface area contributed by atoms with E-state index in [1.807, 2.05) is 30.3 Å². The van der Waals surface area contributed by atoms with Gasteiger partial charge >= 0.3 is 5.97 Å². The van der Waals surface area contributed by atoms with Crippen molar-refractivity contribution < 1.29 is 28.7 Å². The van der Waals surface area contributed by atoms with E-state index in [1.165, 1.54) is 31.4 Å². The number of ether oxygens (including phenoxy) is 2. The van der Waals surface area contributed by atoms with Crippen LogP contribution < -0.4 is 15.0 Å². The van der Waals surface area contributed by atoms with Gasteiger partial charge in [-0.15, -0.1) is 0 Å². The molecular formula is C28H26N2O6. The van der Waals surface area contributed by atoms with E-state index in [4.69, 9.17) is 9.47 Å². The van der Waals surface area contributed by atoms with Crippen LogP contribution in [0.1, 0.15) is 32.7 Å². The summed E-state index contributed by atoms with van der Waals surface area (Å²) >= 11 is 0. The van der Waals surface area contributed by atoms with Crippen LogP contribution in [0, 0.1) is 0 Å². The molecule has 0 aliphatic carbocycles. The number of carbonyl (C=O) groups is 4. The van der Waals surface area contributed by atoms with Crippen molar-refractivity contribution in [1.82, 2.24) is 5.32 Å². The first-order valence-corrected chi connectivity index (χ1v) is 11.5. The molecule has 8 heteroatoms. The minimum atomic E-state index is -0.683. The number of methoxy groups -OCH3 is 1. The fraction of sp³-hybridized carbons (Fsp3) is 0.214. The molecule has 1 aliphatic heterocycles. The Bertz CT molecular complexity index is 1260. The Morgan fingerprint density at radius 2 is 1.69 bits per heavy atom. The highest BCUT2D eigenvalue weighted by Gasteiger charge is 2.39. The van der Waals surface area contributed by atoms with Crippen molar-refractivity contribution in [2.75, 3.05) is 25.2 Å². The number of hydrogen-bond acceptors (Lipinski definition) is 7. The first-order chi connectivity index (χ1) is 17.5. The summed E-state index contributed by atoms with van der Waals surface area (Å²) < 4.78 is 10.2. The smallest absolute Gasteiger partial charge is 0.338 e. The molecule has 1 unspecified atom stereocenters. The Morgan fingerprint density at radius 1 is 0.944 bits per heavy atom. The fourth-order valence-electron chi connectivity index (χ4n) is 3.94. The van der Waals surface area contributed by atoms with E-state index >= 15 is 0 Å². The Morgan fingerprint density at radius 3 is 2.42 bits per heavy atom. The molecule has 184 valence electrons. The number of nitrogens with zero attached hydrogens (tertiary/aromatic N) is 1. The molecule has 0 aromatic heterocycles. The van der Waals surface area contributed by atoms with Crippen LogP contribution in [0.4, 0.5) is 5.69 Å². The van der Waals surface area contributed by atoms with E-state index in [0.717, 1.165) is 16.9 Å². The van der Waals surface area contributed by atoms with Gasteiger partial charge in [0.15, 0.2) is 12.4 Å². The first kappa shape index (κ1) is 24.8. The number of amides is 2. The van der Waals surface area contributed by atoms with Crippen LogP contribution in [0.3, 0.4) is 0 Å². The average Bonchev–Trinajstić information content (AvgIpc) is 3.20. The summed E-state index contributed by atoms with van der Waals surface area (Å²) in [5.74, 6) is -1.15. The molecule has 1 fully saturated rings. The zero-order valence-corrected chi connectivity index (χ0v) is 19.8. The minimum absolute atomic E-state index is 0.0732. The Kier molecular flexibility index (Phi) is 7.87. The van der Waals surface area contributed by atoms with Gasteiger partial charge in [0.2, 0.25) is 5.91 Å². The number of nitrogens with one attached hydrogen (secondary N) is 1. The number of ketones is 1. The van der Waals surface area contributed by atoms with Gasteiger partial charge in [0, 0.05) is 5.56 Å². The van der Waals surface area contributed by atoms with Gasteiger partial charge in [-0.25, -0.2) is 9.69 Å². The first-order valence-electron chi connectivity index (χ1n) is 11.5. The van der Waals surface area contributed by atoms with Crippen LogP contribution >= 0.6 is 0 Å². The van der Waals surface area contributed by atoms with Crippen molar-refractivity contribution in [3.8, 4) is 5.75 Å². The number of anilines is 1. The van der Waals surface area contributed by atoms with E-state index in [0.29, 0.717) is 23.5 Å². The highest BCUT2D eigenvalue weighted by atomic mass is 16.5. The second kappa shape index (κ2) is 11.4. The summed E-state index contributed by atoms with van der Waals surface area (Å²) in [7, 11) is 1.50. The van der Waals surface area contributed by atoms with Gasteiger partial charge in [0.1, 0.15) is 5.75 Å². The van der Waals surface area contributed by atoms with Crippen molar-refractivity contribution in [3.05, 3.63) is 95.6 Å². The molecule has 0 radical (unpaired) electrons. The average molecular weight is 487 g/mol. The Labute approximate surface area is 208 Å². The van der Waals surface area contributed by atoms with Gasteiger partial charge in [0.25, 0.3) is 5.91 Å². The van der Waals surface area contributed by atoms with Crippen molar-refractivity contribution in [2.45, 2.75) is 18.9 Å². The summed E-state index contributed by atoms with van der Waals surface area (Å²) in [6.07, 6.45) is 0.819. The third-order valence-corrected chi connectivity index (χ3v) is 5.88. The van der Waals surface area contributed by atoms with Crippen molar-refractivity contribution in [2.24, 2.45) is 0 Å². The van der Waals surface area contributed by atoms with Gasteiger partial charge in [-0.2, -0.15) is 0 Å². The number of carbonyl (C=O) groups excluding carboxylic acids is 4. The highest BCUT2D eigenvalue weighted by Crippen LogP contribution is 2.24. The number of esters is 1.